The van der Waals surface area contributed by atoms with Crippen LogP contribution in [-0.4, -0.2) is 23.7 Å². The van der Waals surface area contributed by atoms with Crippen LogP contribution in [0.15, 0.2) is 6.07 Å². The minimum absolute atomic E-state index is 0.443. The van der Waals surface area contributed by atoms with E-state index in [1.807, 2.05) is 0 Å². The molecule has 0 aromatic heterocycles. The second-order valence-corrected chi connectivity index (χ2v) is 5.15. The van der Waals surface area contributed by atoms with Gasteiger partial charge in [-0.25, -0.2) is 0 Å². The molecule has 0 aliphatic carbocycles. The molecule has 1 unspecified atom stereocenters. The summed E-state index contributed by atoms with van der Waals surface area (Å²) in [6, 6.07) is 1.42. The maximum atomic E-state index is 10.6. The standard InChI is InChI=1S/C15H24N2O2/c1-9-7-10(2)12(4)13(11(9)3)8-17-6-5-14(16)15(18)19/h7,14,17H,5-6,8,16H2,1-4H3,(H,18,19). The molecule has 0 radical (unpaired) electrons. The molecule has 1 aromatic carbocycles. The fourth-order valence-electron chi connectivity index (χ4n) is 2.16. The quantitative estimate of drug-likeness (QED) is 0.685. The minimum atomic E-state index is -0.944. The van der Waals surface area contributed by atoms with E-state index in [0.29, 0.717) is 13.0 Å². The van der Waals surface area contributed by atoms with Gasteiger partial charge in [-0.05, 0) is 68.5 Å². The van der Waals surface area contributed by atoms with Gasteiger partial charge in [-0.15, -0.1) is 0 Å². The van der Waals surface area contributed by atoms with Gasteiger partial charge >= 0.3 is 5.97 Å². The average molecular weight is 264 g/mol. The fraction of sp³-hybridized carbons (Fsp3) is 0.533. The summed E-state index contributed by atoms with van der Waals surface area (Å²) in [7, 11) is 0. The number of carbonyl (C=O) groups is 1. The zero-order chi connectivity index (χ0) is 14.6. The number of rotatable bonds is 6. The van der Waals surface area contributed by atoms with E-state index in [4.69, 9.17) is 10.8 Å². The van der Waals surface area contributed by atoms with Crippen molar-refractivity contribution in [3.63, 3.8) is 0 Å². The third-order valence-corrected chi connectivity index (χ3v) is 3.77. The Balaban J connectivity index is 2.61. The number of nitrogens with two attached hydrogens (primary N) is 1. The zero-order valence-electron chi connectivity index (χ0n) is 12.2. The van der Waals surface area contributed by atoms with E-state index < -0.39 is 12.0 Å². The number of carboxylic acid groups (broad SMARTS) is 1. The van der Waals surface area contributed by atoms with Crippen LogP contribution in [0.1, 0.15) is 34.2 Å². The van der Waals surface area contributed by atoms with Crippen LogP contribution in [0.25, 0.3) is 0 Å². The van der Waals surface area contributed by atoms with Crippen molar-refractivity contribution >= 4 is 5.97 Å². The van der Waals surface area contributed by atoms with Crippen LogP contribution < -0.4 is 11.1 Å². The highest BCUT2D eigenvalue weighted by molar-refractivity contribution is 5.72. The van der Waals surface area contributed by atoms with Crippen molar-refractivity contribution in [3.8, 4) is 0 Å². The van der Waals surface area contributed by atoms with Gasteiger partial charge in [-0.2, -0.15) is 0 Å². The van der Waals surface area contributed by atoms with Crippen LogP contribution in [0.2, 0.25) is 0 Å². The molecule has 0 heterocycles. The Morgan fingerprint density at radius 1 is 1.26 bits per heavy atom. The molecule has 0 fully saturated rings. The lowest BCUT2D eigenvalue weighted by atomic mass is 9.94. The second-order valence-electron chi connectivity index (χ2n) is 5.15. The van der Waals surface area contributed by atoms with Gasteiger partial charge in [0.15, 0.2) is 0 Å². The normalized spacial score (nSPS) is 12.5. The highest BCUT2D eigenvalue weighted by atomic mass is 16.4. The monoisotopic (exact) mass is 264 g/mol. The molecular weight excluding hydrogens is 240 g/mol. The van der Waals surface area contributed by atoms with E-state index in [-0.39, 0.29) is 0 Å². The van der Waals surface area contributed by atoms with Crippen LogP contribution in [0.4, 0.5) is 0 Å². The van der Waals surface area contributed by atoms with E-state index in [9.17, 15) is 4.79 Å². The predicted molar refractivity (Wildman–Crippen MR) is 77.3 cm³/mol. The van der Waals surface area contributed by atoms with Crippen molar-refractivity contribution in [1.82, 2.24) is 5.32 Å². The Labute approximate surface area is 115 Å². The van der Waals surface area contributed by atoms with Crippen LogP contribution in [0.3, 0.4) is 0 Å². The van der Waals surface area contributed by atoms with E-state index in [2.05, 4.69) is 39.1 Å². The Morgan fingerprint density at radius 3 is 2.26 bits per heavy atom. The summed E-state index contributed by atoms with van der Waals surface area (Å²) in [4.78, 5) is 10.6. The molecule has 0 aliphatic rings. The molecule has 4 nitrogen and oxygen atoms in total. The van der Waals surface area contributed by atoms with Gasteiger partial charge in [0.1, 0.15) is 6.04 Å². The van der Waals surface area contributed by atoms with Crippen molar-refractivity contribution in [3.05, 3.63) is 33.9 Å². The summed E-state index contributed by atoms with van der Waals surface area (Å²) in [5.74, 6) is -0.944. The van der Waals surface area contributed by atoms with Crippen molar-refractivity contribution in [2.45, 2.75) is 46.7 Å². The zero-order valence-corrected chi connectivity index (χ0v) is 12.2. The average Bonchev–Trinajstić information content (AvgIpc) is 2.35. The third-order valence-electron chi connectivity index (χ3n) is 3.77. The van der Waals surface area contributed by atoms with Crippen LogP contribution in [0, 0.1) is 27.7 Å². The highest BCUT2D eigenvalue weighted by Gasteiger charge is 2.11. The SMILES string of the molecule is Cc1cc(C)c(C)c(CNCCC(N)C(=O)O)c1C. The molecule has 1 aromatic rings. The Kier molecular flexibility index (Phi) is 5.51. The van der Waals surface area contributed by atoms with E-state index in [1.54, 1.807) is 0 Å². The smallest absolute Gasteiger partial charge is 0.320 e. The van der Waals surface area contributed by atoms with Crippen LogP contribution >= 0.6 is 0 Å². The van der Waals surface area contributed by atoms with Gasteiger partial charge in [-0.3, -0.25) is 4.79 Å². The molecule has 1 atom stereocenters. The van der Waals surface area contributed by atoms with Crippen LogP contribution in [-0.2, 0) is 11.3 Å². The number of nitrogens with one attached hydrogen (secondary N) is 1. The number of hydrogen-bond acceptors (Lipinski definition) is 3. The van der Waals surface area contributed by atoms with Gasteiger partial charge in [0.25, 0.3) is 0 Å². The van der Waals surface area contributed by atoms with Crippen LogP contribution in [0.5, 0.6) is 0 Å². The highest BCUT2D eigenvalue weighted by Crippen LogP contribution is 2.21. The first-order valence-electron chi connectivity index (χ1n) is 6.60. The molecule has 0 aliphatic heterocycles. The summed E-state index contributed by atoms with van der Waals surface area (Å²) in [6.45, 7) is 9.85. The van der Waals surface area contributed by atoms with Crippen molar-refractivity contribution in [2.24, 2.45) is 5.73 Å². The molecule has 106 valence electrons. The van der Waals surface area contributed by atoms with Crippen molar-refractivity contribution in [2.75, 3.05) is 6.54 Å². The summed E-state index contributed by atoms with van der Waals surface area (Å²) in [5.41, 5.74) is 12.0. The maximum absolute atomic E-state index is 10.6. The van der Waals surface area contributed by atoms with Gasteiger partial charge in [0, 0.05) is 6.54 Å². The fourth-order valence-corrected chi connectivity index (χ4v) is 2.16. The minimum Gasteiger partial charge on any atom is -0.480 e. The molecule has 0 spiro atoms. The number of carboxylic acids is 1. The number of aryl methyl sites for hydroxylation is 2. The molecule has 0 saturated carbocycles. The molecule has 4 N–H and O–H groups in total. The van der Waals surface area contributed by atoms with E-state index in [1.165, 1.54) is 27.8 Å². The first kappa shape index (κ1) is 15.7. The lowest BCUT2D eigenvalue weighted by Crippen LogP contribution is -2.33. The summed E-state index contributed by atoms with van der Waals surface area (Å²) in [6.07, 6.45) is 0.443. The van der Waals surface area contributed by atoms with Crippen molar-refractivity contribution < 1.29 is 9.90 Å². The third kappa shape index (κ3) is 4.04. The molecule has 4 heteroatoms. The number of hydrogen-bond donors (Lipinski definition) is 3. The van der Waals surface area contributed by atoms with Gasteiger partial charge in [0.2, 0.25) is 0 Å². The molecule has 0 bridgehead atoms. The molecule has 19 heavy (non-hydrogen) atoms. The Bertz CT molecular complexity index is 443. The lowest BCUT2D eigenvalue weighted by Gasteiger charge is -2.16. The van der Waals surface area contributed by atoms with Gasteiger partial charge in [0.05, 0.1) is 0 Å². The van der Waals surface area contributed by atoms with Gasteiger partial charge < -0.3 is 16.2 Å². The second kappa shape index (κ2) is 6.68. The molecule has 0 saturated heterocycles. The number of benzene rings is 1. The van der Waals surface area contributed by atoms with E-state index >= 15 is 0 Å². The van der Waals surface area contributed by atoms with Crippen molar-refractivity contribution in [1.29, 1.82) is 0 Å². The molecule has 0 amide bonds. The van der Waals surface area contributed by atoms with Gasteiger partial charge in [-0.1, -0.05) is 6.07 Å². The Hall–Kier alpha value is -1.39. The summed E-state index contributed by atoms with van der Waals surface area (Å²) >= 11 is 0. The first-order chi connectivity index (χ1) is 8.84. The largest absolute Gasteiger partial charge is 0.480 e. The number of aliphatic carboxylic acids is 1. The summed E-state index contributed by atoms with van der Waals surface area (Å²) in [5, 5.41) is 12.0. The molecule has 1 rings (SSSR count). The van der Waals surface area contributed by atoms with E-state index in [0.717, 1.165) is 6.54 Å². The topological polar surface area (TPSA) is 75.3 Å². The summed E-state index contributed by atoms with van der Waals surface area (Å²) < 4.78 is 0. The predicted octanol–water partition coefficient (Wildman–Crippen LogP) is 1.81. The molecular formula is C15H24N2O2. The Morgan fingerprint density at radius 2 is 1.79 bits per heavy atom. The lowest BCUT2D eigenvalue weighted by molar-refractivity contribution is -0.138. The maximum Gasteiger partial charge on any atom is 0.320 e. The first-order valence-corrected chi connectivity index (χ1v) is 6.60.